The van der Waals surface area contributed by atoms with Gasteiger partial charge in [0.2, 0.25) is 0 Å². The first-order valence-electron chi connectivity index (χ1n) is 38.9. The standard InChI is InChI=1S/C75H146O17P2/c1-8-10-11-12-13-35-42-49-56-72(77)85-62-70(91-75(80)59-52-45-38-31-25-19-21-27-33-40-47-54-67(5)6)64-89-93(81,82)87-60-69(76)61-88-94(83,84)90-65-71(63-86-73(78)57-50-43-36-29-24-18-20-26-32-39-46-53-66(3)4)92-74(79)58-51-44-37-30-23-17-15-14-16-22-28-34-41-48-55-68(7)9-2/h66-71,76H,8-65H2,1-7H3,(H,81,82)(H,83,84)/t68?,69-,70+,71+/m0/s1. The van der Waals surface area contributed by atoms with E-state index in [-0.39, 0.29) is 25.7 Å². The van der Waals surface area contributed by atoms with Gasteiger partial charge in [0.05, 0.1) is 26.4 Å². The number of aliphatic hydroxyl groups excluding tert-OH is 1. The molecule has 0 rings (SSSR count). The molecule has 0 saturated heterocycles. The SMILES string of the molecule is CCCCCCCCCCC(=O)OC[C@H](COP(=O)(O)OC[C@H](O)COP(=O)(O)OC[C@@H](COC(=O)CCCCCCCCCCCCCC(C)C)OC(=O)CCCCCCCCCCCCCCCCC(C)CC)OC(=O)CCCCCCCCCCCCCC(C)C. The Balaban J connectivity index is 5.22. The van der Waals surface area contributed by atoms with Gasteiger partial charge in [0.25, 0.3) is 0 Å². The number of hydrogen-bond acceptors (Lipinski definition) is 15. The maximum Gasteiger partial charge on any atom is 0.472 e. The molecule has 0 aliphatic rings. The highest BCUT2D eigenvalue weighted by Gasteiger charge is 2.30. The van der Waals surface area contributed by atoms with Crippen LogP contribution in [-0.2, 0) is 65.4 Å². The maximum atomic E-state index is 13.1. The average molecular weight is 1380 g/mol. The molecule has 0 amide bonds. The molecule has 3 unspecified atom stereocenters. The maximum absolute atomic E-state index is 13.1. The van der Waals surface area contributed by atoms with Crippen molar-refractivity contribution in [3.05, 3.63) is 0 Å². The predicted octanol–water partition coefficient (Wildman–Crippen LogP) is 21.8. The van der Waals surface area contributed by atoms with Crippen molar-refractivity contribution in [2.75, 3.05) is 39.6 Å². The number of carbonyl (C=O) groups is 4. The number of phosphoric ester groups is 2. The van der Waals surface area contributed by atoms with Crippen LogP contribution >= 0.6 is 15.6 Å². The quantitative estimate of drug-likeness (QED) is 0.0222. The molecule has 0 aliphatic carbocycles. The van der Waals surface area contributed by atoms with E-state index in [9.17, 15) is 43.2 Å². The number of phosphoric acid groups is 2. The zero-order valence-electron chi connectivity index (χ0n) is 61.4. The third-order valence-corrected chi connectivity index (χ3v) is 19.6. The van der Waals surface area contributed by atoms with E-state index in [0.717, 1.165) is 114 Å². The first-order chi connectivity index (χ1) is 45.3. The second kappa shape index (κ2) is 65.7. The molecule has 0 aliphatic heterocycles. The Morgan fingerprint density at radius 2 is 0.543 bits per heavy atom. The molecule has 0 saturated carbocycles. The van der Waals surface area contributed by atoms with Crippen molar-refractivity contribution in [3.8, 4) is 0 Å². The summed E-state index contributed by atoms with van der Waals surface area (Å²) >= 11 is 0. The fourth-order valence-electron chi connectivity index (χ4n) is 11.4. The van der Waals surface area contributed by atoms with Crippen molar-refractivity contribution >= 4 is 39.5 Å². The smallest absolute Gasteiger partial charge is 0.462 e. The molecule has 0 fully saturated rings. The van der Waals surface area contributed by atoms with Gasteiger partial charge in [-0.3, -0.25) is 37.3 Å². The van der Waals surface area contributed by atoms with Crippen LogP contribution < -0.4 is 0 Å². The minimum atomic E-state index is -4.96. The molecule has 0 spiro atoms. The van der Waals surface area contributed by atoms with E-state index in [1.165, 1.54) is 186 Å². The summed E-state index contributed by atoms with van der Waals surface area (Å²) in [4.78, 5) is 72.7. The summed E-state index contributed by atoms with van der Waals surface area (Å²) in [6.45, 7) is 11.9. The largest absolute Gasteiger partial charge is 0.472 e. The summed E-state index contributed by atoms with van der Waals surface area (Å²) in [7, 11) is -9.91. The van der Waals surface area contributed by atoms with Crippen LogP contribution in [0.15, 0.2) is 0 Å². The monoisotopic (exact) mass is 1380 g/mol. The number of aliphatic hydroxyl groups is 1. The topological polar surface area (TPSA) is 237 Å². The Kier molecular flexibility index (Phi) is 64.3. The van der Waals surface area contributed by atoms with Gasteiger partial charge in [-0.1, -0.05) is 331 Å². The molecular formula is C75H146O17P2. The molecule has 19 heteroatoms. The van der Waals surface area contributed by atoms with Gasteiger partial charge in [-0.25, -0.2) is 9.13 Å². The van der Waals surface area contributed by atoms with Gasteiger partial charge < -0.3 is 33.8 Å². The van der Waals surface area contributed by atoms with Crippen LogP contribution in [-0.4, -0.2) is 96.7 Å². The number of carbonyl (C=O) groups excluding carboxylic acids is 4. The Morgan fingerprint density at radius 1 is 0.309 bits per heavy atom. The van der Waals surface area contributed by atoms with Crippen LogP contribution in [0.5, 0.6) is 0 Å². The van der Waals surface area contributed by atoms with Crippen molar-refractivity contribution in [1.29, 1.82) is 0 Å². The second-order valence-electron chi connectivity index (χ2n) is 28.2. The van der Waals surface area contributed by atoms with Gasteiger partial charge in [0.15, 0.2) is 12.2 Å². The fourth-order valence-corrected chi connectivity index (χ4v) is 13.0. The first kappa shape index (κ1) is 92.1. The summed E-state index contributed by atoms with van der Waals surface area (Å²) in [6.07, 6.45) is 51.3. The lowest BCUT2D eigenvalue weighted by Gasteiger charge is -2.21. The van der Waals surface area contributed by atoms with Crippen LogP contribution in [0, 0.1) is 17.8 Å². The lowest BCUT2D eigenvalue weighted by Crippen LogP contribution is -2.30. The molecular weight excluding hydrogens is 1230 g/mol. The van der Waals surface area contributed by atoms with Gasteiger partial charge >= 0.3 is 39.5 Å². The van der Waals surface area contributed by atoms with Crippen molar-refractivity contribution in [1.82, 2.24) is 0 Å². The minimum absolute atomic E-state index is 0.106. The normalized spacial score (nSPS) is 14.4. The molecule has 0 bridgehead atoms. The van der Waals surface area contributed by atoms with Crippen molar-refractivity contribution < 1.29 is 80.2 Å². The van der Waals surface area contributed by atoms with Gasteiger partial charge in [-0.2, -0.15) is 0 Å². The molecule has 0 aromatic carbocycles. The van der Waals surface area contributed by atoms with Crippen LogP contribution in [0.4, 0.5) is 0 Å². The number of ether oxygens (including phenoxy) is 4. The molecule has 6 atom stereocenters. The number of hydrogen-bond donors (Lipinski definition) is 3. The average Bonchev–Trinajstić information content (AvgIpc) is 1.62. The van der Waals surface area contributed by atoms with Gasteiger partial charge in [-0.15, -0.1) is 0 Å². The fraction of sp³-hybridized carbons (Fsp3) is 0.947. The van der Waals surface area contributed by atoms with Crippen LogP contribution in [0.2, 0.25) is 0 Å². The van der Waals surface area contributed by atoms with Crippen molar-refractivity contribution in [2.24, 2.45) is 17.8 Å². The molecule has 558 valence electrons. The number of esters is 4. The van der Waals surface area contributed by atoms with Crippen LogP contribution in [0.3, 0.4) is 0 Å². The van der Waals surface area contributed by atoms with E-state index < -0.39 is 97.5 Å². The lowest BCUT2D eigenvalue weighted by atomic mass is 9.99. The molecule has 0 aromatic rings. The van der Waals surface area contributed by atoms with E-state index in [1.807, 2.05) is 0 Å². The zero-order valence-corrected chi connectivity index (χ0v) is 63.2. The molecule has 0 heterocycles. The van der Waals surface area contributed by atoms with Crippen molar-refractivity contribution in [3.63, 3.8) is 0 Å². The predicted molar refractivity (Wildman–Crippen MR) is 381 cm³/mol. The second-order valence-corrected chi connectivity index (χ2v) is 31.1. The van der Waals surface area contributed by atoms with Crippen LogP contribution in [0.25, 0.3) is 0 Å². The Hall–Kier alpha value is -1.94. The number of rotatable bonds is 73. The Bertz CT molecular complexity index is 1840. The van der Waals surface area contributed by atoms with E-state index in [1.54, 1.807) is 0 Å². The van der Waals surface area contributed by atoms with Gasteiger partial charge in [0.1, 0.15) is 19.3 Å². The van der Waals surface area contributed by atoms with E-state index in [2.05, 4.69) is 48.5 Å². The number of unbranched alkanes of at least 4 members (excludes halogenated alkanes) is 40. The minimum Gasteiger partial charge on any atom is -0.462 e. The summed E-state index contributed by atoms with van der Waals surface area (Å²) < 4.78 is 68.4. The Morgan fingerprint density at radius 3 is 0.809 bits per heavy atom. The molecule has 0 radical (unpaired) electrons. The van der Waals surface area contributed by atoms with Gasteiger partial charge in [0, 0.05) is 25.7 Å². The van der Waals surface area contributed by atoms with E-state index >= 15 is 0 Å². The van der Waals surface area contributed by atoms with Crippen molar-refractivity contribution in [2.45, 2.75) is 401 Å². The highest BCUT2D eigenvalue weighted by Crippen LogP contribution is 2.45. The van der Waals surface area contributed by atoms with Crippen LogP contribution in [0.1, 0.15) is 382 Å². The molecule has 94 heavy (non-hydrogen) atoms. The zero-order chi connectivity index (χ0) is 69.4. The molecule has 17 nitrogen and oxygen atoms in total. The third-order valence-electron chi connectivity index (χ3n) is 17.7. The third kappa shape index (κ3) is 67.3. The molecule has 0 aromatic heterocycles. The summed E-state index contributed by atoms with van der Waals surface area (Å²) in [5, 5.41) is 10.6. The highest BCUT2D eigenvalue weighted by atomic mass is 31.2. The first-order valence-corrected chi connectivity index (χ1v) is 41.9. The van der Waals surface area contributed by atoms with E-state index in [4.69, 9.17) is 37.0 Å². The summed E-state index contributed by atoms with van der Waals surface area (Å²) in [6, 6.07) is 0. The highest BCUT2D eigenvalue weighted by molar-refractivity contribution is 7.47. The van der Waals surface area contributed by atoms with E-state index in [0.29, 0.717) is 25.7 Å². The molecule has 3 N–H and O–H groups in total. The summed E-state index contributed by atoms with van der Waals surface area (Å²) in [5.74, 6) is 0.262. The lowest BCUT2D eigenvalue weighted by molar-refractivity contribution is -0.161. The summed E-state index contributed by atoms with van der Waals surface area (Å²) in [5.41, 5.74) is 0. The Labute approximate surface area is 575 Å². The van der Waals surface area contributed by atoms with Gasteiger partial charge in [-0.05, 0) is 43.4 Å².